The summed E-state index contributed by atoms with van der Waals surface area (Å²) < 4.78 is 16.3. The van der Waals surface area contributed by atoms with E-state index < -0.39 is 18.0 Å². The van der Waals surface area contributed by atoms with E-state index >= 15 is 0 Å². The molecule has 1 heterocycles. The van der Waals surface area contributed by atoms with Crippen molar-refractivity contribution in [1.82, 2.24) is 4.90 Å². The number of hydrogen-bond acceptors (Lipinski definition) is 7. The second-order valence-electron chi connectivity index (χ2n) is 10.3. The maximum Gasteiger partial charge on any atom is 0.314 e. The average Bonchev–Trinajstić information content (AvgIpc) is 2.87. The van der Waals surface area contributed by atoms with Gasteiger partial charge in [-0.2, -0.15) is 0 Å². The molecule has 0 aromatic heterocycles. The number of nitrogens with zero attached hydrogens (tertiary/aromatic N) is 1. The lowest BCUT2D eigenvalue weighted by Crippen LogP contribution is -2.59. The van der Waals surface area contributed by atoms with Crippen molar-refractivity contribution in [2.45, 2.75) is 64.0 Å². The van der Waals surface area contributed by atoms with E-state index in [1.54, 1.807) is 0 Å². The lowest BCUT2D eigenvalue weighted by molar-refractivity contribution is -0.162. The molecule has 0 radical (unpaired) electrons. The summed E-state index contributed by atoms with van der Waals surface area (Å²) >= 11 is 0. The lowest BCUT2D eigenvalue weighted by Gasteiger charge is -2.56. The maximum atomic E-state index is 13.1. The zero-order valence-corrected chi connectivity index (χ0v) is 22.1. The second kappa shape index (κ2) is 11.5. The Hall–Kier alpha value is -3.19. The highest BCUT2D eigenvalue weighted by molar-refractivity contribution is 5.75. The van der Waals surface area contributed by atoms with Crippen LogP contribution in [0.25, 0.3) is 0 Å². The highest BCUT2D eigenvalue weighted by Crippen LogP contribution is 2.51. The normalized spacial score (nSPS) is 25.0. The molecule has 0 N–H and O–H groups in total. The molecular weight excluding hydrogens is 470 g/mol. The molecule has 2 unspecified atom stereocenters. The minimum atomic E-state index is -0.725. The van der Waals surface area contributed by atoms with Crippen LogP contribution in [-0.2, 0) is 29.3 Å². The van der Waals surface area contributed by atoms with Gasteiger partial charge in [-0.05, 0) is 55.0 Å². The molecule has 5 atom stereocenters. The van der Waals surface area contributed by atoms with Gasteiger partial charge in [-0.15, -0.1) is 0 Å². The molecule has 37 heavy (non-hydrogen) atoms. The quantitative estimate of drug-likeness (QED) is 0.374. The molecule has 1 saturated carbocycles. The van der Waals surface area contributed by atoms with E-state index in [-0.39, 0.29) is 23.4 Å². The Bertz CT molecular complexity index is 1120. The van der Waals surface area contributed by atoms with Crippen molar-refractivity contribution in [3.63, 3.8) is 0 Å². The van der Waals surface area contributed by atoms with Crippen molar-refractivity contribution in [3.8, 4) is 5.75 Å². The Morgan fingerprint density at radius 1 is 1.03 bits per heavy atom. The molecule has 2 aromatic rings. The lowest BCUT2D eigenvalue weighted by atomic mass is 9.57. The number of esters is 3. The van der Waals surface area contributed by atoms with E-state index in [1.165, 1.54) is 26.5 Å². The third-order valence-electron chi connectivity index (χ3n) is 8.28. The maximum absolute atomic E-state index is 13.1. The van der Waals surface area contributed by atoms with Gasteiger partial charge in [-0.1, -0.05) is 55.8 Å². The Labute approximate surface area is 219 Å². The first-order valence-electron chi connectivity index (χ1n) is 13.1. The number of hydrogen-bond donors (Lipinski definition) is 0. The highest BCUT2D eigenvalue weighted by atomic mass is 16.6. The third kappa shape index (κ3) is 5.72. The molecule has 2 aliphatic rings. The number of rotatable bonds is 8. The molecule has 2 bridgehead atoms. The van der Waals surface area contributed by atoms with Gasteiger partial charge in [0, 0.05) is 31.8 Å². The molecular formula is C30H37NO6. The van der Waals surface area contributed by atoms with Crippen LogP contribution in [-0.4, -0.2) is 49.0 Å². The summed E-state index contributed by atoms with van der Waals surface area (Å²) in [4.78, 5) is 39.0. The van der Waals surface area contributed by atoms with Gasteiger partial charge < -0.3 is 14.2 Å². The van der Waals surface area contributed by atoms with Crippen molar-refractivity contribution in [2.75, 3.05) is 20.2 Å². The fourth-order valence-corrected chi connectivity index (χ4v) is 6.55. The van der Waals surface area contributed by atoms with E-state index in [1.807, 2.05) is 48.5 Å². The van der Waals surface area contributed by atoms with Gasteiger partial charge in [0.1, 0.15) is 17.8 Å². The highest BCUT2D eigenvalue weighted by Gasteiger charge is 2.50. The predicted molar refractivity (Wildman–Crippen MR) is 139 cm³/mol. The van der Waals surface area contributed by atoms with Crippen molar-refractivity contribution in [1.29, 1.82) is 0 Å². The number of methoxy groups -OCH3 is 1. The molecule has 1 aliphatic carbocycles. The van der Waals surface area contributed by atoms with Crippen LogP contribution in [0.3, 0.4) is 0 Å². The summed E-state index contributed by atoms with van der Waals surface area (Å²) in [7, 11) is 1.38. The number of carbonyl (C=O) groups is 3. The van der Waals surface area contributed by atoms with Crippen LogP contribution in [0, 0.1) is 11.8 Å². The summed E-state index contributed by atoms with van der Waals surface area (Å²) in [6.07, 6.45) is 3.37. The van der Waals surface area contributed by atoms with Gasteiger partial charge in [0.15, 0.2) is 0 Å². The number of ether oxygens (including phenoxy) is 3. The first kappa shape index (κ1) is 26.9. The number of fused-ring (bicyclic) bond motifs is 2. The second-order valence-corrected chi connectivity index (χ2v) is 10.3. The molecule has 2 fully saturated rings. The molecule has 0 spiro atoms. The van der Waals surface area contributed by atoms with Crippen molar-refractivity contribution >= 4 is 17.9 Å². The van der Waals surface area contributed by atoms with Crippen LogP contribution in [0.4, 0.5) is 0 Å². The summed E-state index contributed by atoms with van der Waals surface area (Å²) in [6.45, 7) is 6.33. The van der Waals surface area contributed by atoms with Gasteiger partial charge in [0.25, 0.3) is 0 Å². The van der Waals surface area contributed by atoms with E-state index in [2.05, 4.69) is 17.9 Å². The SMILES string of the molecule is COC(=O)[C@H](CN1CCC2(c3cccc(OC(C)=O)c3)CCCC1[C@@H]2C)[C@@H](OC(C)=O)c1ccccc1. The first-order chi connectivity index (χ1) is 17.7. The van der Waals surface area contributed by atoms with Crippen LogP contribution >= 0.6 is 0 Å². The van der Waals surface area contributed by atoms with Crippen LogP contribution in [0.2, 0.25) is 0 Å². The topological polar surface area (TPSA) is 82.1 Å². The van der Waals surface area contributed by atoms with Crippen LogP contribution in [0.1, 0.15) is 63.7 Å². The van der Waals surface area contributed by atoms with Crippen LogP contribution in [0.5, 0.6) is 5.75 Å². The number of likely N-dealkylation sites (tertiary alicyclic amines) is 1. The summed E-state index contributed by atoms with van der Waals surface area (Å²) in [5, 5.41) is 0. The molecule has 1 saturated heterocycles. The Morgan fingerprint density at radius 2 is 1.78 bits per heavy atom. The van der Waals surface area contributed by atoms with Gasteiger partial charge in [0.05, 0.1) is 7.11 Å². The van der Waals surface area contributed by atoms with E-state index in [0.717, 1.165) is 37.8 Å². The van der Waals surface area contributed by atoms with E-state index in [4.69, 9.17) is 14.2 Å². The van der Waals surface area contributed by atoms with Crippen LogP contribution in [0.15, 0.2) is 54.6 Å². The monoisotopic (exact) mass is 507 g/mol. The first-order valence-corrected chi connectivity index (χ1v) is 13.1. The Morgan fingerprint density at radius 3 is 2.46 bits per heavy atom. The van der Waals surface area contributed by atoms with Gasteiger partial charge in [0.2, 0.25) is 0 Å². The molecule has 7 nitrogen and oxygen atoms in total. The standard InChI is InChI=1S/C30H37NO6/c1-20-27-14-9-15-30(20,24-12-8-13-25(18-24)36-21(2)32)16-17-31(27)19-26(29(34)35-4)28(37-22(3)33)23-10-6-5-7-11-23/h5-8,10-13,18,20,26-28H,9,14-17,19H2,1-4H3/t20-,26+,27?,28-,30?/m0/s1. The van der Waals surface area contributed by atoms with Gasteiger partial charge in [-0.25, -0.2) is 0 Å². The molecule has 1 aliphatic heterocycles. The summed E-state index contributed by atoms with van der Waals surface area (Å²) in [5.74, 6) is -0.888. The van der Waals surface area contributed by atoms with Crippen molar-refractivity contribution in [2.24, 2.45) is 11.8 Å². The van der Waals surface area contributed by atoms with E-state index in [9.17, 15) is 14.4 Å². The zero-order valence-electron chi connectivity index (χ0n) is 22.1. The third-order valence-corrected chi connectivity index (χ3v) is 8.28. The fraction of sp³-hybridized carbons (Fsp3) is 0.500. The number of carbonyl (C=O) groups excluding carboxylic acids is 3. The summed E-state index contributed by atoms with van der Waals surface area (Å²) in [6, 6.07) is 17.6. The number of piperidine rings is 1. The minimum absolute atomic E-state index is 0.0228. The van der Waals surface area contributed by atoms with Crippen molar-refractivity contribution in [3.05, 3.63) is 65.7 Å². The molecule has 7 heteroatoms. The minimum Gasteiger partial charge on any atom is -0.469 e. The van der Waals surface area contributed by atoms with Gasteiger partial charge >= 0.3 is 17.9 Å². The van der Waals surface area contributed by atoms with Crippen LogP contribution < -0.4 is 4.74 Å². The fourth-order valence-electron chi connectivity index (χ4n) is 6.55. The largest absolute Gasteiger partial charge is 0.469 e. The Kier molecular flexibility index (Phi) is 8.32. The predicted octanol–water partition coefficient (Wildman–Crippen LogP) is 4.84. The molecule has 0 amide bonds. The molecule has 198 valence electrons. The number of benzene rings is 2. The summed E-state index contributed by atoms with van der Waals surface area (Å²) in [5.41, 5.74) is 1.96. The zero-order chi connectivity index (χ0) is 26.6. The van der Waals surface area contributed by atoms with Gasteiger partial charge in [-0.3, -0.25) is 19.3 Å². The molecule has 2 aromatic carbocycles. The van der Waals surface area contributed by atoms with E-state index in [0.29, 0.717) is 18.2 Å². The van der Waals surface area contributed by atoms with Crippen molar-refractivity contribution < 1.29 is 28.6 Å². The Balaban J connectivity index is 1.61. The smallest absolute Gasteiger partial charge is 0.314 e. The molecule has 4 rings (SSSR count). The average molecular weight is 508 g/mol.